The zero-order valence-corrected chi connectivity index (χ0v) is 11.2. The van der Waals surface area contributed by atoms with Gasteiger partial charge in [-0.3, -0.25) is 0 Å². The van der Waals surface area contributed by atoms with Crippen LogP contribution in [0.4, 0.5) is 0 Å². The maximum Gasteiger partial charge on any atom is 0.309 e. The van der Waals surface area contributed by atoms with Gasteiger partial charge in [-0.05, 0) is 33.3 Å². The molecule has 0 amide bonds. The Bertz CT molecular complexity index is 355. The second-order valence-corrected chi connectivity index (χ2v) is 5.38. The van der Waals surface area contributed by atoms with Gasteiger partial charge in [-0.15, -0.1) is 0 Å². The van der Waals surface area contributed by atoms with E-state index in [-0.39, 0.29) is 0 Å². The molecule has 1 aromatic rings. The number of nitrogens with two attached hydrogens (primary N) is 1. The molecule has 0 aliphatic heterocycles. The van der Waals surface area contributed by atoms with Crippen molar-refractivity contribution in [1.82, 2.24) is 0 Å². The van der Waals surface area contributed by atoms with Gasteiger partial charge in [-0.25, -0.2) is 0 Å². The van der Waals surface area contributed by atoms with E-state index in [1.54, 1.807) is 13.8 Å². The van der Waals surface area contributed by atoms with Gasteiger partial charge in [0.25, 0.3) is 0 Å². The minimum atomic E-state index is -0.871. The maximum atomic E-state index is 9.96. The normalized spacial score (nSPS) is 12.6. The minimum Gasteiger partial charge on any atom is -0.427 e. The van der Waals surface area contributed by atoms with Crippen molar-refractivity contribution >= 4 is 12.9 Å². The summed E-state index contributed by atoms with van der Waals surface area (Å²) in [5.41, 5.74) is 6.27. The Hall–Kier alpha value is -0.835. The van der Waals surface area contributed by atoms with Crippen molar-refractivity contribution in [3.63, 3.8) is 0 Å². The maximum absolute atomic E-state index is 9.96. The van der Waals surface area contributed by atoms with E-state index in [0.717, 1.165) is 11.0 Å². The van der Waals surface area contributed by atoms with Gasteiger partial charge in [0.15, 0.2) is 0 Å². The Labute approximate surface area is 104 Å². The van der Waals surface area contributed by atoms with Crippen molar-refractivity contribution in [3.8, 4) is 0 Å². The van der Waals surface area contributed by atoms with Crippen molar-refractivity contribution in [2.75, 3.05) is 0 Å². The SMILES string of the molecule is CC(C)(O)C(C)(C)OBc1ccc(CN)cc1. The first-order valence-electron chi connectivity index (χ1n) is 5.90. The number of rotatable bonds is 5. The lowest BCUT2D eigenvalue weighted by Crippen LogP contribution is -2.49. The second kappa shape index (κ2) is 5.21. The highest BCUT2D eigenvalue weighted by Crippen LogP contribution is 2.24. The van der Waals surface area contributed by atoms with Gasteiger partial charge in [-0.1, -0.05) is 29.7 Å². The molecule has 0 unspecified atom stereocenters. The van der Waals surface area contributed by atoms with Gasteiger partial charge in [0.05, 0.1) is 11.2 Å². The average Bonchev–Trinajstić information content (AvgIpc) is 2.25. The molecule has 0 aliphatic rings. The van der Waals surface area contributed by atoms with Crippen molar-refractivity contribution in [1.29, 1.82) is 0 Å². The summed E-state index contributed by atoms with van der Waals surface area (Å²) in [6.07, 6.45) is 0. The Morgan fingerprint density at radius 3 is 2.12 bits per heavy atom. The van der Waals surface area contributed by atoms with Gasteiger partial charge >= 0.3 is 7.48 Å². The molecule has 1 rings (SSSR count). The van der Waals surface area contributed by atoms with E-state index in [4.69, 9.17) is 10.4 Å². The van der Waals surface area contributed by atoms with Crippen LogP contribution in [0.1, 0.15) is 33.3 Å². The van der Waals surface area contributed by atoms with Crippen LogP contribution in [0, 0.1) is 0 Å². The van der Waals surface area contributed by atoms with Crippen LogP contribution >= 0.6 is 0 Å². The predicted molar refractivity (Wildman–Crippen MR) is 72.6 cm³/mol. The van der Waals surface area contributed by atoms with Crippen LogP contribution in [0.3, 0.4) is 0 Å². The molecule has 0 saturated heterocycles. The van der Waals surface area contributed by atoms with E-state index < -0.39 is 11.2 Å². The molecule has 94 valence electrons. The van der Waals surface area contributed by atoms with Crippen LogP contribution in [0.5, 0.6) is 0 Å². The number of hydrogen-bond acceptors (Lipinski definition) is 3. The molecular weight excluding hydrogens is 213 g/mol. The van der Waals surface area contributed by atoms with Gasteiger partial charge in [0.2, 0.25) is 0 Å². The van der Waals surface area contributed by atoms with Gasteiger partial charge in [0, 0.05) is 6.54 Å². The van der Waals surface area contributed by atoms with E-state index in [0.29, 0.717) is 14.0 Å². The Morgan fingerprint density at radius 2 is 1.71 bits per heavy atom. The first kappa shape index (κ1) is 14.2. The van der Waals surface area contributed by atoms with Crippen LogP contribution < -0.4 is 11.2 Å². The number of benzene rings is 1. The Balaban J connectivity index is 2.61. The van der Waals surface area contributed by atoms with Crippen LogP contribution in [0.15, 0.2) is 24.3 Å². The molecule has 0 aliphatic carbocycles. The molecule has 0 bridgehead atoms. The zero-order valence-electron chi connectivity index (χ0n) is 11.2. The Kier molecular flexibility index (Phi) is 4.36. The zero-order chi connectivity index (χ0) is 13.1. The molecular formula is C13H22BNO2. The summed E-state index contributed by atoms with van der Waals surface area (Å²) in [6.45, 7) is 7.84. The first-order chi connectivity index (χ1) is 7.76. The predicted octanol–water partition coefficient (Wildman–Crippen LogP) is 0.688. The third-order valence-electron chi connectivity index (χ3n) is 3.33. The molecule has 0 spiro atoms. The fourth-order valence-corrected chi connectivity index (χ4v) is 1.21. The lowest BCUT2D eigenvalue weighted by molar-refractivity contribution is -0.0893. The summed E-state index contributed by atoms with van der Waals surface area (Å²) in [5.74, 6) is 0. The highest BCUT2D eigenvalue weighted by molar-refractivity contribution is 6.47. The van der Waals surface area contributed by atoms with Crippen LogP contribution in [-0.2, 0) is 11.2 Å². The first-order valence-corrected chi connectivity index (χ1v) is 5.90. The summed E-state index contributed by atoms with van der Waals surface area (Å²) in [5, 5.41) is 9.96. The van der Waals surface area contributed by atoms with Crippen molar-refractivity contribution in [3.05, 3.63) is 29.8 Å². The molecule has 4 heteroatoms. The third kappa shape index (κ3) is 3.84. The molecule has 0 radical (unpaired) electrons. The molecule has 0 fully saturated rings. The fraction of sp³-hybridized carbons (Fsp3) is 0.538. The minimum absolute atomic E-state index is 0.488. The largest absolute Gasteiger partial charge is 0.427 e. The summed E-state index contributed by atoms with van der Waals surface area (Å²) < 4.78 is 5.77. The van der Waals surface area contributed by atoms with E-state index in [9.17, 15) is 5.11 Å². The van der Waals surface area contributed by atoms with E-state index >= 15 is 0 Å². The van der Waals surface area contributed by atoms with Crippen molar-refractivity contribution in [2.24, 2.45) is 5.73 Å². The number of aliphatic hydroxyl groups is 1. The van der Waals surface area contributed by atoms with Crippen LogP contribution in [-0.4, -0.2) is 23.8 Å². The third-order valence-corrected chi connectivity index (χ3v) is 3.33. The smallest absolute Gasteiger partial charge is 0.309 e. The highest BCUT2D eigenvalue weighted by Gasteiger charge is 2.35. The van der Waals surface area contributed by atoms with E-state index in [2.05, 4.69) is 0 Å². The molecule has 1 aromatic carbocycles. The van der Waals surface area contributed by atoms with E-state index in [1.807, 2.05) is 38.1 Å². The van der Waals surface area contributed by atoms with E-state index in [1.165, 1.54) is 0 Å². The summed E-state index contributed by atoms with van der Waals surface area (Å²) in [6, 6.07) is 8.00. The molecule has 0 heterocycles. The molecule has 0 atom stereocenters. The Morgan fingerprint density at radius 1 is 1.18 bits per heavy atom. The molecule has 17 heavy (non-hydrogen) atoms. The molecule has 3 nitrogen and oxygen atoms in total. The van der Waals surface area contributed by atoms with Crippen LogP contribution in [0.2, 0.25) is 0 Å². The summed E-state index contributed by atoms with van der Waals surface area (Å²) in [7, 11) is 0.488. The van der Waals surface area contributed by atoms with Crippen molar-refractivity contribution in [2.45, 2.75) is 45.4 Å². The summed E-state index contributed by atoms with van der Waals surface area (Å²) >= 11 is 0. The van der Waals surface area contributed by atoms with Gasteiger partial charge < -0.3 is 15.5 Å². The van der Waals surface area contributed by atoms with Gasteiger partial charge in [-0.2, -0.15) is 0 Å². The standard InChI is InChI=1S/C13H22BNO2/c1-12(2,16)13(3,4)17-14-11-7-5-10(9-15)6-8-11/h5-8,14,16H,9,15H2,1-4H3. The average molecular weight is 235 g/mol. The van der Waals surface area contributed by atoms with Crippen molar-refractivity contribution < 1.29 is 9.76 Å². The quantitative estimate of drug-likeness (QED) is 0.738. The topological polar surface area (TPSA) is 55.5 Å². The molecule has 3 N–H and O–H groups in total. The number of hydrogen-bond donors (Lipinski definition) is 2. The molecule has 0 aromatic heterocycles. The lowest BCUT2D eigenvalue weighted by Gasteiger charge is -2.37. The lowest BCUT2D eigenvalue weighted by atomic mass is 9.82. The summed E-state index contributed by atoms with van der Waals surface area (Å²) in [4.78, 5) is 0. The van der Waals surface area contributed by atoms with Gasteiger partial charge in [0.1, 0.15) is 0 Å². The highest BCUT2D eigenvalue weighted by atomic mass is 16.5. The van der Waals surface area contributed by atoms with Crippen LogP contribution in [0.25, 0.3) is 0 Å². The monoisotopic (exact) mass is 235 g/mol. The second-order valence-electron chi connectivity index (χ2n) is 5.38. The molecule has 0 saturated carbocycles. The fourth-order valence-electron chi connectivity index (χ4n) is 1.21.